The van der Waals surface area contributed by atoms with Gasteiger partial charge in [0, 0.05) is 22.2 Å². The van der Waals surface area contributed by atoms with Crippen LogP contribution in [0.1, 0.15) is 5.56 Å². The molecule has 0 spiro atoms. The Bertz CT molecular complexity index is 780. The van der Waals surface area contributed by atoms with Gasteiger partial charge >= 0.3 is 0 Å². The van der Waals surface area contributed by atoms with Crippen LogP contribution in [0.5, 0.6) is 5.75 Å². The van der Waals surface area contributed by atoms with E-state index in [1.165, 1.54) is 0 Å². The van der Waals surface area contributed by atoms with Crippen molar-refractivity contribution >= 4 is 17.0 Å². The quantitative estimate of drug-likeness (QED) is 0.730. The van der Waals surface area contributed by atoms with Gasteiger partial charge in [-0.25, -0.2) is 4.98 Å². The van der Waals surface area contributed by atoms with Crippen LogP contribution in [-0.2, 0) is 0 Å². The summed E-state index contributed by atoms with van der Waals surface area (Å²) in [6.45, 7) is 2.07. The van der Waals surface area contributed by atoms with E-state index in [-0.39, 0.29) is 0 Å². The normalized spacial score (nSPS) is 10.6. The lowest BCUT2D eigenvalue weighted by molar-refractivity contribution is 0.414. The standard InChI is InChI=1S/C17H16N2OS/c1-11-8-14(20-2)6-7-15(11)16-10-21-17(19-16)12-4-3-5-13(18)9-12/h3-10H,18H2,1-2H3. The number of hydrogen-bond donors (Lipinski definition) is 1. The number of hydrogen-bond acceptors (Lipinski definition) is 4. The fourth-order valence-corrected chi connectivity index (χ4v) is 3.07. The number of nitrogen functional groups attached to an aromatic ring is 1. The van der Waals surface area contributed by atoms with Gasteiger partial charge < -0.3 is 10.5 Å². The minimum atomic E-state index is 0.755. The summed E-state index contributed by atoms with van der Waals surface area (Å²) in [7, 11) is 1.68. The van der Waals surface area contributed by atoms with Gasteiger partial charge in [-0.15, -0.1) is 11.3 Å². The first-order chi connectivity index (χ1) is 10.2. The Labute approximate surface area is 128 Å². The topological polar surface area (TPSA) is 48.1 Å². The second-order valence-corrected chi connectivity index (χ2v) is 5.70. The lowest BCUT2D eigenvalue weighted by atomic mass is 10.1. The molecule has 1 aromatic heterocycles. The fourth-order valence-electron chi connectivity index (χ4n) is 2.25. The number of nitrogens with two attached hydrogens (primary N) is 1. The Kier molecular flexibility index (Phi) is 3.62. The molecule has 3 aromatic rings. The number of rotatable bonds is 3. The van der Waals surface area contributed by atoms with Crippen molar-refractivity contribution in [3.63, 3.8) is 0 Å². The Balaban J connectivity index is 1.98. The molecule has 0 unspecified atom stereocenters. The molecule has 0 aliphatic heterocycles. The van der Waals surface area contributed by atoms with E-state index in [1.807, 2.05) is 42.5 Å². The van der Waals surface area contributed by atoms with Crippen LogP contribution in [0, 0.1) is 6.92 Å². The highest BCUT2D eigenvalue weighted by Crippen LogP contribution is 2.32. The zero-order valence-corrected chi connectivity index (χ0v) is 12.8. The summed E-state index contributed by atoms with van der Waals surface area (Å²) in [6.07, 6.45) is 0. The van der Waals surface area contributed by atoms with Gasteiger partial charge in [-0.05, 0) is 42.8 Å². The maximum atomic E-state index is 5.83. The number of methoxy groups -OCH3 is 1. The summed E-state index contributed by atoms with van der Waals surface area (Å²) < 4.78 is 5.24. The first-order valence-corrected chi connectivity index (χ1v) is 7.52. The lowest BCUT2D eigenvalue weighted by Gasteiger charge is -2.05. The summed E-state index contributed by atoms with van der Waals surface area (Å²) in [5, 5.41) is 3.06. The predicted octanol–water partition coefficient (Wildman–Crippen LogP) is 4.38. The highest BCUT2D eigenvalue weighted by Gasteiger charge is 2.09. The summed E-state index contributed by atoms with van der Waals surface area (Å²) >= 11 is 1.63. The first kappa shape index (κ1) is 13.6. The second kappa shape index (κ2) is 5.58. The van der Waals surface area contributed by atoms with Crippen LogP contribution in [0.2, 0.25) is 0 Å². The molecule has 3 nitrogen and oxygen atoms in total. The number of nitrogens with zero attached hydrogens (tertiary/aromatic N) is 1. The summed E-state index contributed by atoms with van der Waals surface area (Å²) in [5.74, 6) is 0.863. The summed E-state index contributed by atoms with van der Waals surface area (Å²) in [4.78, 5) is 4.73. The highest BCUT2D eigenvalue weighted by atomic mass is 32.1. The van der Waals surface area contributed by atoms with E-state index in [0.717, 1.165) is 38.8 Å². The Morgan fingerprint density at radius 3 is 2.71 bits per heavy atom. The van der Waals surface area contributed by atoms with Crippen molar-refractivity contribution in [2.24, 2.45) is 0 Å². The SMILES string of the molecule is COc1ccc(-c2csc(-c3cccc(N)c3)n2)c(C)c1. The maximum absolute atomic E-state index is 5.83. The molecule has 4 heteroatoms. The van der Waals surface area contributed by atoms with Crippen LogP contribution in [0.4, 0.5) is 5.69 Å². The van der Waals surface area contributed by atoms with Gasteiger partial charge in [-0.1, -0.05) is 12.1 Å². The van der Waals surface area contributed by atoms with E-state index in [1.54, 1.807) is 18.4 Å². The average molecular weight is 296 g/mol. The smallest absolute Gasteiger partial charge is 0.124 e. The van der Waals surface area contributed by atoms with Crippen LogP contribution in [0.3, 0.4) is 0 Å². The average Bonchev–Trinajstić information content (AvgIpc) is 2.96. The molecule has 0 saturated heterocycles. The van der Waals surface area contributed by atoms with E-state index in [0.29, 0.717) is 0 Å². The molecule has 0 aliphatic rings. The van der Waals surface area contributed by atoms with Crippen molar-refractivity contribution < 1.29 is 4.74 Å². The molecule has 0 radical (unpaired) electrons. The van der Waals surface area contributed by atoms with Crippen molar-refractivity contribution in [1.82, 2.24) is 4.98 Å². The van der Waals surface area contributed by atoms with Crippen LogP contribution in [-0.4, -0.2) is 12.1 Å². The molecule has 1 heterocycles. The number of aromatic nitrogens is 1. The molecular formula is C17H16N2OS. The number of thiazole rings is 1. The van der Waals surface area contributed by atoms with E-state index in [2.05, 4.69) is 12.3 Å². The van der Waals surface area contributed by atoms with Crippen molar-refractivity contribution in [3.8, 4) is 27.6 Å². The van der Waals surface area contributed by atoms with Gasteiger partial charge in [0.25, 0.3) is 0 Å². The second-order valence-electron chi connectivity index (χ2n) is 4.84. The molecule has 3 rings (SSSR count). The minimum absolute atomic E-state index is 0.755. The Hall–Kier alpha value is -2.33. The lowest BCUT2D eigenvalue weighted by Crippen LogP contribution is -1.88. The number of benzene rings is 2. The molecule has 2 N–H and O–H groups in total. The zero-order valence-electron chi connectivity index (χ0n) is 12.0. The van der Waals surface area contributed by atoms with Crippen molar-refractivity contribution in [2.75, 3.05) is 12.8 Å². The zero-order chi connectivity index (χ0) is 14.8. The maximum Gasteiger partial charge on any atom is 0.124 e. The molecule has 106 valence electrons. The monoisotopic (exact) mass is 296 g/mol. The van der Waals surface area contributed by atoms with Crippen LogP contribution >= 0.6 is 11.3 Å². The number of ether oxygens (including phenoxy) is 1. The summed E-state index contributed by atoms with van der Waals surface area (Å²) in [5.41, 5.74) is 10.9. The third kappa shape index (κ3) is 2.76. The van der Waals surface area contributed by atoms with Gasteiger partial charge in [0.15, 0.2) is 0 Å². The van der Waals surface area contributed by atoms with Crippen molar-refractivity contribution in [2.45, 2.75) is 6.92 Å². The van der Waals surface area contributed by atoms with Crippen LogP contribution in [0.25, 0.3) is 21.8 Å². The van der Waals surface area contributed by atoms with Gasteiger partial charge in [0.05, 0.1) is 12.8 Å². The third-order valence-corrected chi connectivity index (χ3v) is 4.24. The van der Waals surface area contributed by atoms with Gasteiger partial charge in [-0.3, -0.25) is 0 Å². The molecule has 2 aromatic carbocycles. The van der Waals surface area contributed by atoms with Gasteiger partial charge in [0.2, 0.25) is 0 Å². The van der Waals surface area contributed by atoms with E-state index in [4.69, 9.17) is 15.5 Å². The van der Waals surface area contributed by atoms with Gasteiger partial charge in [0.1, 0.15) is 10.8 Å². The minimum Gasteiger partial charge on any atom is -0.497 e. The van der Waals surface area contributed by atoms with Crippen molar-refractivity contribution in [3.05, 3.63) is 53.4 Å². The number of anilines is 1. The summed E-state index contributed by atoms with van der Waals surface area (Å²) in [6, 6.07) is 13.8. The molecule has 0 amide bonds. The Morgan fingerprint density at radius 1 is 1.14 bits per heavy atom. The third-order valence-electron chi connectivity index (χ3n) is 3.35. The predicted molar refractivity (Wildman–Crippen MR) is 88.7 cm³/mol. The largest absolute Gasteiger partial charge is 0.497 e. The van der Waals surface area contributed by atoms with Crippen molar-refractivity contribution in [1.29, 1.82) is 0 Å². The molecule has 0 atom stereocenters. The first-order valence-electron chi connectivity index (χ1n) is 6.64. The van der Waals surface area contributed by atoms with E-state index in [9.17, 15) is 0 Å². The molecule has 21 heavy (non-hydrogen) atoms. The van der Waals surface area contributed by atoms with E-state index >= 15 is 0 Å². The van der Waals surface area contributed by atoms with Crippen LogP contribution in [0.15, 0.2) is 47.8 Å². The fraction of sp³-hybridized carbons (Fsp3) is 0.118. The molecule has 0 saturated carbocycles. The molecule has 0 bridgehead atoms. The Morgan fingerprint density at radius 2 is 2.00 bits per heavy atom. The number of aryl methyl sites for hydroxylation is 1. The molecule has 0 fully saturated rings. The van der Waals surface area contributed by atoms with E-state index < -0.39 is 0 Å². The molecular weight excluding hydrogens is 280 g/mol. The van der Waals surface area contributed by atoms with Crippen LogP contribution < -0.4 is 10.5 Å². The highest BCUT2D eigenvalue weighted by molar-refractivity contribution is 7.13. The van der Waals surface area contributed by atoms with Gasteiger partial charge in [-0.2, -0.15) is 0 Å². The molecule has 0 aliphatic carbocycles.